The van der Waals surface area contributed by atoms with E-state index in [4.69, 9.17) is 28.4 Å². The fraction of sp³-hybridized carbons (Fsp3) is 0.467. The molecule has 12 nitrogen and oxygen atoms in total. The van der Waals surface area contributed by atoms with Crippen LogP contribution in [0.15, 0.2) is 54.6 Å². The molecule has 0 saturated heterocycles. The van der Waals surface area contributed by atoms with Crippen molar-refractivity contribution in [3.63, 3.8) is 0 Å². The molecule has 1 unspecified atom stereocenters. The van der Waals surface area contributed by atoms with Crippen LogP contribution < -0.4 is 28.4 Å². The average Bonchev–Trinajstić information content (AvgIpc) is 3.24. The number of hydrogen-bond acceptors (Lipinski definition) is 12. The van der Waals surface area contributed by atoms with Crippen molar-refractivity contribution < 1.29 is 57.2 Å². The number of unbranched alkanes of at least 4 members (excludes halogenated alkanes) is 1. The van der Waals surface area contributed by atoms with Crippen LogP contribution in [-0.4, -0.2) is 58.1 Å². The van der Waals surface area contributed by atoms with Gasteiger partial charge < -0.3 is 28.4 Å². The number of carbonyl (C=O) groups is 6. The SMILES string of the molecule is CC.CC.CCC(C)C(=O)Oc1ccc(C=O)cc1OC.CCCCC(=O)Oc1ccc(C=O)cc1OC.COc1cc(C=O)ccc1OC(=O)CCCC(C)C. The zero-order chi connectivity index (χ0) is 43.8. The van der Waals surface area contributed by atoms with Gasteiger partial charge in [0.2, 0.25) is 0 Å². The third kappa shape index (κ3) is 22.0. The average molecular weight is 797 g/mol. The summed E-state index contributed by atoms with van der Waals surface area (Å²) in [5.41, 5.74) is 1.44. The van der Waals surface area contributed by atoms with Gasteiger partial charge in [-0.05, 0) is 79.8 Å². The molecule has 0 heterocycles. The van der Waals surface area contributed by atoms with Crippen LogP contribution in [0.25, 0.3) is 0 Å². The number of methoxy groups -OCH3 is 3. The van der Waals surface area contributed by atoms with Gasteiger partial charge in [0.05, 0.1) is 27.2 Å². The van der Waals surface area contributed by atoms with E-state index in [1.54, 1.807) is 49.4 Å². The smallest absolute Gasteiger partial charge is 0.314 e. The molecule has 3 aromatic carbocycles. The zero-order valence-corrected chi connectivity index (χ0v) is 35.9. The standard InChI is InChI=1S/C15H20O4.2C13H16O4.2C2H6/c1-11(2)5-4-6-15(17)19-13-8-7-12(10-16)9-14(13)18-3;1-4-9(2)13(15)17-11-6-5-10(8-14)7-12(11)16-3;1-3-4-5-13(15)17-11-7-6-10(9-14)8-12(11)16-2;2*1-2/h7-11H,4-6H2,1-3H3;5-9H,4H2,1-3H3;6-9H,3-5H2,1-2H3;2*1-2H3. The summed E-state index contributed by atoms with van der Waals surface area (Å²) in [6, 6.07) is 14.1. The molecule has 0 aliphatic carbocycles. The molecular formula is C45H64O12. The Morgan fingerprint density at radius 3 is 1.19 bits per heavy atom. The maximum Gasteiger partial charge on any atom is 0.314 e. The Kier molecular flexibility index (Phi) is 30.7. The highest BCUT2D eigenvalue weighted by Crippen LogP contribution is 2.30. The summed E-state index contributed by atoms with van der Waals surface area (Å²) in [6.45, 7) is 18.0. The van der Waals surface area contributed by atoms with Crippen LogP contribution in [0.5, 0.6) is 34.5 Å². The Bertz CT molecular complexity index is 1630. The third-order valence-electron chi connectivity index (χ3n) is 7.54. The number of esters is 3. The Labute approximate surface area is 339 Å². The predicted molar refractivity (Wildman–Crippen MR) is 222 cm³/mol. The first kappa shape index (κ1) is 53.6. The fourth-order valence-electron chi connectivity index (χ4n) is 4.22. The summed E-state index contributed by atoms with van der Waals surface area (Å²) in [7, 11) is 4.40. The Hall–Kier alpha value is -5.52. The maximum absolute atomic E-state index is 11.7. The quantitative estimate of drug-likeness (QED) is 0.0682. The Morgan fingerprint density at radius 2 is 0.895 bits per heavy atom. The van der Waals surface area contributed by atoms with E-state index < -0.39 is 0 Å². The van der Waals surface area contributed by atoms with Gasteiger partial charge in [0.15, 0.2) is 34.5 Å². The second kappa shape index (κ2) is 32.7. The zero-order valence-electron chi connectivity index (χ0n) is 35.9. The monoisotopic (exact) mass is 796 g/mol. The van der Waals surface area contributed by atoms with Crippen molar-refractivity contribution in [2.45, 2.75) is 107 Å². The van der Waals surface area contributed by atoms with E-state index in [0.717, 1.165) is 32.0 Å². The van der Waals surface area contributed by atoms with Gasteiger partial charge in [-0.25, -0.2) is 0 Å². The number of benzene rings is 3. The first-order valence-electron chi connectivity index (χ1n) is 19.4. The van der Waals surface area contributed by atoms with Crippen LogP contribution in [-0.2, 0) is 14.4 Å². The van der Waals surface area contributed by atoms with Gasteiger partial charge in [-0.1, -0.05) is 75.2 Å². The molecule has 0 aliphatic rings. The highest BCUT2D eigenvalue weighted by molar-refractivity contribution is 5.80. The first-order chi connectivity index (χ1) is 27.4. The molecule has 0 bridgehead atoms. The van der Waals surface area contributed by atoms with E-state index in [2.05, 4.69) is 13.8 Å². The molecule has 0 saturated carbocycles. The summed E-state index contributed by atoms with van der Waals surface area (Å²) in [6.07, 6.45) is 7.18. The summed E-state index contributed by atoms with van der Waals surface area (Å²) in [5, 5.41) is 0. The molecule has 12 heteroatoms. The number of aldehydes is 3. The maximum atomic E-state index is 11.7. The van der Waals surface area contributed by atoms with Gasteiger partial charge in [-0.2, -0.15) is 0 Å². The molecular weight excluding hydrogens is 732 g/mol. The van der Waals surface area contributed by atoms with E-state index >= 15 is 0 Å². The third-order valence-corrected chi connectivity index (χ3v) is 7.54. The van der Waals surface area contributed by atoms with Crippen LogP contribution >= 0.6 is 0 Å². The van der Waals surface area contributed by atoms with Crippen molar-refractivity contribution in [2.75, 3.05) is 21.3 Å². The lowest BCUT2D eigenvalue weighted by Gasteiger charge is -2.12. The predicted octanol–water partition coefficient (Wildman–Crippen LogP) is 10.4. The second-order valence-corrected chi connectivity index (χ2v) is 12.2. The Balaban J connectivity index is 0. The lowest BCUT2D eigenvalue weighted by molar-refractivity contribution is -0.138. The molecule has 0 radical (unpaired) electrons. The van der Waals surface area contributed by atoms with E-state index in [1.165, 1.54) is 33.5 Å². The fourth-order valence-corrected chi connectivity index (χ4v) is 4.22. The van der Waals surface area contributed by atoms with Crippen molar-refractivity contribution in [1.29, 1.82) is 0 Å². The second-order valence-electron chi connectivity index (χ2n) is 12.2. The minimum absolute atomic E-state index is 0.162. The molecule has 0 N–H and O–H groups in total. The number of hydrogen-bond donors (Lipinski definition) is 0. The molecule has 0 aliphatic heterocycles. The van der Waals surface area contributed by atoms with Gasteiger partial charge >= 0.3 is 17.9 Å². The highest BCUT2D eigenvalue weighted by atomic mass is 16.6. The van der Waals surface area contributed by atoms with Crippen molar-refractivity contribution in [1.82, 2.24) is 0 Å². The molecule has 3 rings (SSSR count). The van der Waals surface area contributed by atoms with Gasteiger partial charge in [0.25, 0.3) is 0 Å². The number of rotatable bonds is 18. The van der Waals surface area contributed by atoms with Gasteiger partial charge in [0.1, 0.15) is 18.9 Å². The summed E-state index contributed by atoms with van der Waals surface area (Å²) >= 11 is 0. The summed E-state index contributed by atoms with van der Waals surface area (Å²) < 4.78 is 30.8. The molecule has 1 atom stereocenters. The minimum Gasteiger partial charge on any atom is -0.493 e. The van der Waals surface area contributed by atoms with Crippen LogP contribution in [0.1, 0.15) is 138 Å². The minimum atomic E-state index is -0.301. The van der Waals surface area contributed by atoms with Gasteiger partial charge in [-0.3, -0.25) is 28.8 Å². The van der Waals surface area contributed by atoms with Crippen LogP contribution in [0.3, 0.4) is 0 Å². The van der Waals surface area contributed by atoms with Gasteiger partial charge in [0, 0.05) is 29.5 Å². The lowest BCUT2D eigenvalue weighted by Crippen LogP contribution is -2.17. The molecule has 3 aromatic rings. The number of ether oxygens (including phenoxy) is 6. The van der Waals surface area contributed by atoms with Gasteiger partial charge in [-0.15, -0.1) is 0 Å². The van der Waals surface area contributed by atoms with E-state index in [1.807, 2.05) is 41.5 Å². The molecule has 0 amide bonds. The van der Waals surface area contributed by atoms with Crippen molar-refractivity contribution in [3.05, 3.63) is 71.3 Å². The largest absolute Gasteiger partial charge is 0.493 e. The highest BCUT2D eigenvalue weighted by Gasteiger charge is 2.16. The molecule has 0 fully saturated rings. The molecule has 0 aromatic heterocycles. The van der Waals surface area contributed by atoms with E-state index in [-0.39, 0.29) is 23.8 Å². The topological polar surface area (TPSA) is 158 Å². The molecule has 316 valence electrons. The summed E-state index contributed by atoms with van der Waals surface area (Å²) in [5.74, 6) is 1.74. The van der Waals surface area contributed by atoms with E-state index in [0.29, 0.717) is 88.9 Å². The van der Waals surface area contributed by atoms with Crippen molar-refractivity contribution in [3.8, 4) is 34.5 Å². The number of carbonyl (C=O) groups excluding carboxylic acids is 6. The van der Waals surface area contributed by atoms with Crippen LogP contribution in [0, 0.1) is 11.8 Å². The van der Waals surface area contributed by atoms with Crippen molar-refractivity contribution in [2.24, 2.45) is 11.8 Å². The summed E-state index contributed by atoms with van der Waals surface area (Å²) in [4.78, 5) is 66.6. The molecule has 0 spiro atoms. The molecule has 57 heavy (non-hydrogen) atoms. The normalized spacial score (nSPS) is 10.1. The first-order valence-corrected chi connectivity index (χ1v) is 19.4. The van der Waals surface area contributed by atoms with Crippen LogP contribution in [0.4, 0.5) is 0 Å². The lowest BCUT2D eigenvalue weighted by atomic mass is 10.1. The van der Waals surface area contributed by atoms with Crippen LogP contribution in [0.2, 0.25) is 0 Å². The van der Waals surface area contributed by atoms with Crippen molar-refractivity contribution >= 4 is 36.8 Å². The van der Waals surface area contributed by atoms with E-state index in [9.17, 15) is 28.8 Å². The Morgan fingerprint density at radius 1 is 0.544 bits per heavy atom.